The molecule has 6 heteroatoms. The molecule has 1 amide bonds. The molecular formula is C20H17N3O3. The van der Waals surface area contributed by atoms with E-state index in [0.29, 0.717) is 0 Å². The Labute approximate surface area is 150 Å². The van der Waals surface area contributed by atoms with Gasteiger partial charge in [0.2, 0.25) is 5.91 Å². The molecule has 0 saturated carbocycles. The molecule has 0 aliphatic heterocycles. The number of hydrogen-bond donors (Lipinski definition) is 2. The molecule has 1 aromatic heterocycles. The summed E-state index contributed by atoms with van der Waals surface area (Å²) >= 11 is 0. The fourth-order valence-electron chi connectivity index (χ4n) is 2.48. The van der Waals surface area contributed by atoms with E-state index >= 15 is 0 Å². The average molecular weight is 347 g/mol. The molecule has 3 rings (SSSR count). The van der Waals surface area contributed by atoms with Crippen LogP contribution in [0.2, 0.25) is 0 Å². The largest absolute Gasteiger partial charge is 0.478 e. The number of benzene rings is 2. The van der Waals surface area contributed by atoms with Crippen molar-refractivity contribution in [2.24, 2.45) is 0 Å². The van der Waals surface area contributed by atoms with Crippen molar-refractivity contribution in [1.29, 1.82) is 0 Å². The van der Waals surface area contributed by atoms with E-state index in [-0.39, 0.29) is 6.54 Å². The Kier molecular flexibility index (Phi) is 5.24. The minimum Gasteiger partial charge on any atom is -0.478 e. The number of carboxylic acids is 1. The summed E-state index contributed by atoms with van der Waals surface area (Å²) < 4.78 is 1.76. The van der Waals surface area contributed by atoms with Gasteiger partial charge >= 0.3 is 5.97 Å². The fraction of sp³-hybridized carbons (Fsp3) is 0.0500. The lowest BCUT2D eigenvalue weighted by Gasteiger charge is -2.03. The zero-order valence-corrected chi connectivity index (χ0v) is 13.9. The van der Waals surface area contributed by atoms with Crippen LogP contribution < -0.4 is 5.32 Å². The molecule has 0 atom stereocenters. The number of aromatic nitrogens is 2. The van der Waals surface area contributed by atoms with Gasteiger partial charge in [-0.15, -0.1) is 0 Å². The molecule has 130 valence electrons. The molecule has 0 fully saturated rings. The summed E-state index contributed by atoms with van der Waals surface area (Å²) in [6, 6.07) is 19.4. The van der Waals surface area contributed by atoms with E-state index in [2.05, 4.69) is 10.4 Å². The monoisotopic (exact) mass is 347 g/mol. The normalized spacial score (nSPS) is 10.8. The Morgan fingerprint density at radius 1 is 1.00 bits per heavy atom. The van der Waals surface area contributed by atoms with Crippen LogP contribution in [0.15, 0.2) is 79.0 Å². The van der Waals surface area contributed by atoms with Crippen LogP contribution in [0.5, 0.6) is 0 Å². The highest BCUT2D eigenvalue weighted by atomic mass is 16.4. The molecule has 2 aromatic carbocycles. The van der Waals surface area contributed by atoms with Gasteiger partial charge in [-0.25, -0.2) is 9.48 Å². The van der Waals surface area contributed by atoms with Crippen LogP contribution in [0.25, 0.3) is 16.9 Å². The summed E-state index contributed by atoms with van der Waals surface area (Å²) in [5.41, 5.74) is 3.44. The number of carbonyl (C=O) groups excluding carboxylic acids is 1. The molecule has 0 unspecified atom stereocenters. The predicted molar refractivity (Wildman–Crippen MR) is 97.6 cm³/mol. The van der Waals surface area contributed by atoms with E-state index in [0.717, 1.165) is 34.7 Å². The molecule has 1 heterocycles. The van der Waals surface area contributed by atoms with Crippen LogP contribution in [0, 0.1) is 0 Å². The molecule has 0 spiro atoms. The maximum Gasteiger partial charge on any atom is 0.328 e. The first-order valence-electron chi connectivity index (χ1n) is 8.02. The molecule has 0 aliphatic rings. The molecule has 0 aliphatic carbocycles. The van der Waals surface area contributed by atoms with Crippen molar-refractivity contribution in [3.63, 3.8) is 0 Å². The quantitative estimate of drug-likeness (QED) is 0.672. The lowest BCUT2D eigenvalue weighted by atomic mass is 10.1. The van der Waals surface area contributed by atoms with Gasteiger partial charge in [0, 0.05) is 36.0 Å². The van der Waals surface area contributed by atoms with Gasteiger partial charge in [0.1, 0.15) is 0 Å². The summed E-state index contributed by atoms with van der Waals surface area (Å²) in [7, 11) is 0. The minimum atomic E-state index is -1.16. The molecule has 2 N–H and O–H groups in total. The Morgan fingerprint density at radius 2 is 1.65 bits per heavy atom. The predicted octanol–water partition coefficient (Wildman–Crippen LogP) is 2.80. The summed E-state index contributed by atoms with van der Waals surface area (Å²) in [4.78, 5) is 22.3. The smallest absolute Gasteiger partial charge is 0.328 e. The van der Waals surface area contributed by atoms with E-state index in [9.17, 15) is 9.59 Å². The van der Waals surface area contributed by atoms with Crippen LogP contribution >= 0.6 is 0 Å². The number of carboxylic acid groups (broad SMARTS) is 1. The number of hydrogen-bond acceptors (Lipinski definition) is 3. The maximum atomic E-state index is 11.8. The molecule has 6 nitrogen and oxygen atoms in total. The number of amides is 1. The first-order valence-corrected chi connectivity index (χ1v) is 8.02. The summed E-state index contributed by atoms with van der Waals surface area (Å²) in [6.45, 7) is 0.236. The zero-order valence-electron chi connectivity index (χ0n) is 13.9. The Bertz CT molecular complexity index is 931. The first kappa shape index (κ1) is 17.2. The van der Waals surface area contributed by atoms with Crippen LogP contribution in [-0.4, -0.2) is 26.8 Å². The third-order valence-corrected chi connectivity index (χ3v) is 3.69. The average Bonchev–Trinajstić information content (AvgIpc) is 3.10. The zero-order chi connectivity index (χ0) is 18.4. The van der Waals surface area contributed by atoms with Crippen molar-refractivity contribution < 1.29 is 14.7 Å². The highest BCUT2D eigenvalue weighted by Gasteiger charge is 2.12. The van der Waals surface area contributed by atoms with Crippen molar-refractivity contribution in [2.75, 3.05) is 0 Å². The van der Waals surface area contributed by atoms with Gasteiger partial charge in [0.15, 0.2) is 0 Å². The SMILES string of the molecule is O=C(O)/C=C/C(=O)NCc1cn(-c2ccccc2)nc1-c1ccccc1. The van der Waals surface area contributed by atoms with Gasteiger partial charge in [-0.1, -0.05) is 48.5 Å². The summed E-state index contributed by atoms with van der Waals surface area (Å²) in [5, 5.41) is 15.9. The van der Waals surface area contributed by atoms with E-state index in [1.165, 1.54) is 0 Å². The molecular weight excluding hydrogens is 330 g/mol. The maximum absolute atomic E-state index is 11.8. The van der Waals surface area contributed by atoms with Gasteiger partial charge < -0.3 is 10.4 Å². The van der Waals surface area contributed by atoms with Crippen LogP contribution in [0.1, 0.15) is 5.56 Å². The second-order valence-electron chi connectivity index (χ2n) is 5.54. The van der Waals surface area contributed by atoms with Crippen molar-refractivity contribution in [2.45, 2.75) is 6.54 Å². The molecule has 0 radical (unpaired) electrons. The topological polar surface area (TPSA) is 84.2 Å². The molecule has 26 heavy (non-hydrogen) atoms. The second kappa shape index (κ2) is 7.94. The Hall–Kier alpha value is -3.67. The number of nitrogens with one attached hydrogen (secondary N) is 1. The highest BCUT2D eigenvalue weighted by molar-refractivity contribution is 5.93. The van der Waals surface area contributed by atoms with E-state index in [1.807, 2.05) is 66.9 Å². The Morgan fingerprint density at radius 3 is 2.31 bits per heavy atom. The van der Waals surface area contributed by atoms with Gasteiger partial charge in [-0.3, -0.25) is 4.79 Å². The fourth-order valence-corrected chi connectivity index (χ4v) is 2.48. The molecule has 0 bridgehead atoms. The van der Waals surface area contributed by atoms with Crippen molar-refractivity contribution >= 4 is 11.9 Å². The number of para-hydroxylation sites is 1. The second-order valence-corrected chi connectivity index (χ2v) is 5.54. The van der Waals surface area contributed by atoms with Crippen LogP contribution in [0.3, 0.4) is 0 Å². The lowest BCUT2D eigenvalue weighted by Crippen LogP contribution is -2.20. The summed E-state index contributed by atoms with van der Waals surface area (Å²) in [5.74, 6) is -1.64. The summed E-state index contributed by atoms with van der Waals surface area (Å²) in [6.07, 6.45) is 3.66. The van der Waals surface area contributed by atoms with Gasteiger partial charge in [-0.2, -0.15) is 5.10 Å². The van der Waals surface area contributed by atoms with E-state index in [4.69, 9.17) is 5.11 Å². The number of carbonyl (C=O) groups is 2. The third-order valence-electron chi connectivity index (χ3n) is 3.69. The third kappa shape index (κ3) is 4.24. The number of rotatable bonds is 6. The standard InChI is InChI=1S/C20H17N3O3/c24-18(11-12-19(25)26)21-13-16-14-23(17-9-5-2-6-10-17)22-20(16)15-7-3-1-4-8-15/h1-12,14H,13H2,(H,21,24)(H,25,26)/b12-11+. The Balaban J connectivity index is 1.89. The van der Waals surface area contributed by atoms with Gasteiger partial charge in [0.05, 0.1) is 11.4 Å². The number of aliphatic carboxylic acids is 1. The first-order chi connectivity index (χ1) is 12.6. The number of nitrogens with zero attached hydrogens (tertiary/aromatic N) is 2. The highest BCUT2D eigenvalue weighted by Crippen LogP contribution is 2.23. The van der Waals surface area contributed by atoms with Gasteiger partial charge in [0.25, 0.3) is 0 Å². The van der Waals surface area contributed by atoms with Crippen LogP contribution in [0.4, 0.5) is 0 Å². The van der Waals surface area contributed by atoms with Crippen molar-refractivity contribution in [3.05, 3.63) is 84.6 Å². The van der Waals surface area contributed by atoms with Gasteiger partial charge in [-0.05, 0) is 12.1 Å². The van der Waals surface area contributed by atoms with Crippen molar-refractivity contribution in [3.8, 4) is 16.9 Å². The van der Waals surface area contributed by atoms with E-state index < -0.39 is 11.9 Å². The molecule has 3 aromatic rings. The van der Waals surface area contributed by atoms with Crippen molar-refractivity contribution in [1.82, 2.24) is 15.1 Å². The minimum absolute atomic E-state index is 0.236. The van der Waals surface area contributed by atoms with E-state index in [1.54, 1.807) is 4.68 Å². The lowest BCUT2D eigenvalue weighted by molar-refractivity contribution is -0.131. The van der Waals surface area contributed by atoms with Crippen LogP contribution in [-0.2, 0) is 16.1 Å². The molecule has 0 saturated heterocycles.